The lowest BCUT2D eigenvalue weighted by molar-refractivity contribution is -0.131. The Morgan fingerprint density at radius 3 is 2.61 bits per heavy atom. The average Bonchev–Trinajstić information content (AvgIpc) is 3.27. The van der Waals surface area contributed by atoms with Crippen molar-refractivity contribution in [2.75, 3.05) is 36.0 Å². The van der Waals surface area contributed by atoms with Crippen molar-refractivity contribution < 1.29 is 4.79 Å². The number of piperazine rings is 1. The van der Waals surface area contributed by atoms with Crippen molar-refractivity contribution in [3.63, 3.8) is 0 Å². The summed E-state index contributed by atoms with van der Waals surface area (Å²) in [4.78, 5) is 39.9. The Morgan fingerprint density at radius 2 is 1.83 bits per heavy atom. The molecule has 1 N–H and O–H groups in total. The molecule has 2 aliphatic rings. The van der Waals surface area contributed by atoms with E-state index < -0.39 is 0 Å². The fourth-order valence-corrected chi connectivity index (χ4v) is 5.26. The number of halogens is 1. The third kappa shape index (κ3) is 5.06. The third-order valence-corrected chi connectivity index (χ3v) is 7.35. The van der Waals surface area contributed by atoms with E-state index in [0.717, 1.165) is 31.5 Å². The second-order valence-corrected chi connectivity index (χ2v) is 9.80. The van der Waals surface area contributed by atoms with Crippen molar-refractivity contribution in [3.05, 3.63) is 74.9 Å². The Morgan fingerprint density at radius 1 is 1.08 bits per heavy atom. The van der Waals surface area contributed by atoms with E-state index >= 15 is 0 Å². The minimum Gasteiger partial charge on any atom is -0.358 e. The first-order valence-electron chi connectivity index (χ1n) is 12.4. The first kappa shape index (κ1) is 24.2. The summed E-state index contributed by atoms with van der Waals surface area (Å²) in [5.41, 5.74) is 3.97. The largest absolute Gasteiger partial charge is 0.358 e. The van der Waals surface area contributed by atoms with E-state index in [2.05, 4.69) is 54.2 Å². The molecule has 0 aliphatic carbocycles. The number of nitrogens with zero attached hydrogens (tertiary/aromatic N) is 6. The quantitative estimate of drug-likeness (QED) is 0.489. The number of H-pyrrole nitrogens is 1. The second-order valence-electron chi connectivity index (χ2n) is 9.37. The summed E-state index contributed by atoms with van der Waals surface area (Å²) in [6.45, 7) is 5.36. The Bertz CT molecular complexity index is 1270. The summed E-state index contributed by atoms with van der Waals surface area (Å²) in [6, 6.07) is 8.61. The first-order valence-corrected chi connectivity index (χ1v) is 12.8. The summed E-state index contributed by atoms with van der Waals surface area (Å²) >= 11 is 5.88. The summed E-state index contributed by atoms with van der Waals surface area (Å²) in [7, 11) is 0. The minimum absolute atomic E-state index is 0.157. The van der Waals surface area contributed by atoms with Crippen LogP contribution in [0.25, 0.3) is 0 Å². The Hall–Kier alpha value is -3.46. The topological polar surface area (TPSA) is 98.3 Å². The smallest absolute Gasteiger partial charge is 0.269 e. The van der Waals surface area contributed by atoms with Crippen molar-refractivity contribution >= 4 is 29.1 Å². The number of amides is 1. The number of anilines is 2. The monoisotopic (exact) mass is 507 g/mol. The van der Waals surface area contributed by atoms with Crippen molar-refractivity contribution in [1.29, 1.82) is 0 Å². The first-order chi connectivity index (χ1) is 17.5. The third-order valence-electron chi connectivity index (χ3n) is 7.16. The fraction of sp³-hybridized carbons (Fsp3) is 0.423. The number of carbonyl (C=O) groups is 1. The average molecular weight is 508 g/mol. The van der Waals surface area contributed by atoms with Crippen molar-refractivity contribution in [2.24, 2.45) is 0 Å². The van der Waals surface area contributed by atoms with Crippen LogP contribution in [0, 0.1) is 6.92 Å². The maximum atomic E-state index is 12.9. The highest BCUT2D eigenvalue weighted by molar-refractivity contribution is 6.30. The molecular formula is C26H30ClN7O2. The molecule has 5 rings (SSSR count). The summed E-state index contributed by atoms with van der Waals surface area (Å²) < 4.78 is 0. The number of nitrogens with one attached hydrogen (secondary N) is 1. The molecule has 0 saturated carbocycles. The maximum absolute atomic E-state index is 12.9. The van der Waals surface area contributed by atoms with Gasteiger partial charge in [0.25, 0.3) is 5.56 Å². The molecule has 1 atom stereocenters. The predicted octanol–water partition coefficient (Wildman–Crippen LogP) is 3.49. The van der Waals surface area contributed by atoms with E-state index in [0.29, 0.717) is 49.1 Å². The maximum Gasteiger partial charge on any atom is 0.269 e. The van der Waals surface area contributed by atoms with Gasteiger partial charge in [0.15, 0.2) is 0 Å². The molecule has 2 aromatic heterocycles. The number of hydrogen-bond acceptors (Lipinski definition) is 7. The van der Waals surface area contributed by atoms with Gasteiger partial charge in [-0.25, -0.2) is 15.1 Å². The molecule has 0 spiro atoms. The summed E-state index contributed by atoms with van der Waals surface area (Å²) in [5, 5.41) is 7.07. The number of aromatic amines is 1. The number of rotatable bonds is 7. The molecule has 188 valence electrons. The Kier molecular flexibility index (Phi) is 7.18. The van der Waals surface area contributed by atoms with E-state index in [4.69, 9.17) is 11.6 Å². The van der Waals surface area contributed by atoms with Gasteiger partial charge in [-0.1, -0.05) is 42.3 Å². The molecule has 0 radical (unpaired) electrons. The van der Waals surface area contributed by atoms with Gasteiger partial charge in [-0.15, -0.1) is 0 Å². The molecule has 10 heteroatoms. The van der Waals surface area contributed by atoms with Gasteiger partial charge in [-0.05, 0) is 30.9 Å². The molecule has 0 bridgehead atoms. The zero-order valence-corrected chi connectivity index (χ0v) is 21.1. The lowest BCUT2D eigenvalue weighted by atomic mass is 9.99. The SMILES string of the molecule is Cc1c(N2Cc3ccccc3[C@H]2CCCCC(=O)N2CCN(c3ncc(Cl)cn3)CC2)cn[nH]c1=O. The molecule has 1 fully saturated rings. The van der Waals surface area contributed by atoms with Crippen molar-refractivity contribution in [3.8, 4) is 0 Å². The van der Waals surface area contributed by atoms with E-state index in [1.54, 1.807) is 18.6 Å². The van der Waals surface area contributed by atoms with Gasteiger partial charge in [0.1, 0.15) is 0 Å². The van der Waals surface area contributed by atoms with Crippen LogP contribution in [0.2, 0.25) is 5.02 Å². The van der Waals surface area contributed by atoms with Crippen LogP contribution in [0.5, 0.6) is 0 Å². The van der Waals surface area contributed by atoms with E-state index in [9.17, 15) is 9.59 Å². The fourth-order valence-electron chi connectivity index (χ4n) is 5.16. The van der Waals surface area contributed by atoms with Crippen LogP contribution >= 0.6 is 11.6 Å². The summed E-state index contributed by atoms with van der Waals surface area (Å²) in [6.07, 6.45) is 8.15. The number of benzene rings is 1. The van der Waals surface area contributed by atoms with Gasteiger partial charge in [-0.3, -0.25) is 9.59 Å². The molecule has 0 unspecified atom stereocenters. The molecule has 36 heavy (non-hydrogen) atoms. The number of carbonyl (C=O) groups excluding carboxylic acids is 1. The van der Waals surface area contributed by atoms with Crippen LogP contribution in [0.4, 0.5) is 11.6 Å². The highest BCUT2D eigenvalue weighted by Gasteiger charge is 2.31. The number of fused-ring (bicyclic) bond motifs is 1. The molecule has 1 amide bonds. The van der Waals surface area contributed by atoms with Crippen LogP contribution in [0.15, 0.2) is 47.7 Å². The van der Waals surface area contributed by atoms with Gasteiger partial charge in [0, 0.05) is 44.7 Å². The lowest BCUT2D eigenvalue weighted by Gasteiger charge is -2.34. The van der Waals surface area contributed by atoms with Crippen LogP contribution in [-0.2, 0) is 11.3 Å². The highest BCUT2D eigenvalue weighted by atomic mass is 35.5. The Labute approximate surface area is 215 Å². The van der Waals surface area contributed by atoms with Crippen molar-refractivity contribution in [1.82, 2.24) is 25.1 Å². The zero-order valence-electron chi connectivity index (χ0n) is 20.4. The lowest BCUT2D eigenvalue weighted by Crippen LogP contribution is -2.49. The van der Waals surface area contributed by atoms with Crippen LogP contribution < -0.4 is 15.4 Å². The van der Waals surface area contributed by atoms with E-state index in [-0.39, 0.29) is 17.5 Å². The van der Waals surface area contributed by atoms with Crippen LogP contribution in [0.3, 0.4) is 0 Å². The predicted molar refractivity (Wildman–Crippen MR) is 139 cm³/mol. The van der Waals surface area contributed by atoms with Crippen molar-refractivity contribution in [2.45, 2.75) is 45.2 Å². The molecule has 9 nitrogen and oxygen atoms in total. The molecule has 1 saturated heterocycles. The van der Waals surface area contributed by atoms with Gasteiger partial charge in [0.05, 0.1) is 35.3 Å². The molecule has 2 aliphatic heterocycles. The standard InChI is InChI=1S/C26H30ClN7O2/c1-18-23(16-30-31-25(18)36)34-17-19-6-2-3-7-21(19)22(34)8-4-5-9-24(35)32-10-12-33(13-11-32)26-28-14-20(27)15-29-26/h2-3,6-7,14-16,22H,4-5,8-13,17H2,1H3,(H,31,36)/t22-/m1/s1. The molecule has 4 heterocycles. The van der Waals surface area contributed by atoms with Gasteiger partial charge in [-0.2, -0.15) is 5.10 Å². The Balaban J connectivity index is 1.15. The van der Waals surface area contributed by atoms with Gasteiger partial charge in [0.2, 0.25) is 11.9 Å². The highest BCUT2D eigenvalue weighted by Crippen LogP contribution is 2.40. The number of hydrogen-bond donors (Lipinski definition) is 1. The van der Waals surface area contributed by atoms with Crippen LogP contribution in [-0.4, -0.2) is 57.2 Å². The zero-order chi connectivity index (χ0) is 25.1. The van der Waals surface area contributed by atoms with E-state index in [1.165, 1.54) is 11.1 Å². The molecule has 3 aromatic rings. The minimum atomic E-state index is -0.157. The summed E-state index contributed by atoms with van der Waals surface area (Å²) in [5.74, 6) is 0.851. The molecular weight excluding hydrogens is 478 g/mol. The normalized spacial score (nSPS) is 17.4. The second kappa shape index (κ2) is 10.7. The molecule has 1 aromatic carbocycles. The number of unbranched alkanes of at least 4 members (excludes halogenated alkanes) is 1. The van der Waals surface area contributed by atoms with Gasteiger partial charge < -0.3 is 14.7 Å². The van der Waals surface area contributed by atoms with E-state index in [1.807, 2.05) is 11.8 Å². The number of aromatic nitrogens is 4. The van der Waals surface area contributed by atoms with Gasteiger partial charge >= 0.3 is 0 Å². The van der Waals surface area contributed by atoms with Crippen LogP contribution in [0.1, 0.15) is 48.4 Å².